The van der Waals surface area contributed by atoms with Gasteiger partial charge in [-0.25, -0.2) is 0 Å². The first kappa shape index (κ1) is 24.2. The molecule has 148 valence electrons. The third-order valence-corrected chi connectivity index (χ3v) is 6.25. The first-order chi connectivity index (χ1) is 12.0. The number of rotatable bonds is 17. The Morgan fingerprint density at radius 2 is 1.32 bits per heavy atom. The van der Waals surface area contributed by atoms with Crippen LogP contribution in [0.1, 0.15) is 19.8 Å². The van der Waals surface area contributed by atoms with Crippen molar-refractivity contribution in [3.05, 3.63) is 11.6 Å². The summed E-state index contributed by atoms with van der Waals surface area (Å²) < 4.78 is 33.0. The summed E-state index contributed by atoms with van der Waals surface area (Å²) >= 11 is 0. The number of carbonyl (C=O) groups excluding carboxylic acids is 1. The lowest BCUT2D eigenvalue weighted by molar-refractivity contribution is -0.114. The van der Waals surface area contributed by atoms with Crippen molar-refractivity contribution in [1.29, 1.82) is 0 Å². The number of amides is 1. The molecular weight excluding hydrogens is 346 g/mol. The predicted molar refractivity (Wildman–Crippen MR) is 96.2 cm³/mol. The molecule has 0 heterocycles. The number of carbonyl (C=O) groups is 1. The normalized spacial score (nSPS) is 12.6. The van der Waals surface area contributed by atoms with Crippen molar-refractivity contribution >= 4 is 14.7 Å². The summed E-state index contributed by atoms with van der Waals surface area (Å²) in [4.78, 5) is 11.1. The number of unbranched alkanes of at least 4 members (excludes halogenated alkanes) is 1. The number of hydrogen-bond acceptors (Lipinski definition) is 7. The smallest absolute Gasteiger partial charge is 0.382 e. The van der Waals surface area contributed by atoms with Crippen LogP contribution in [0, 0.1) is 0 Å². The van der Waals surface area contributed by atoms with Gasteiger partial charge in [-0.1, -0.05) is 6.08 Å². The van der Waals surface area contributed by atoms with Crippen LogP contribution in [0.25, 0.3) is 0 Å². The monoisotopic (exact) mass is 379 g/mol. The highest BCUT2D eigenvalue weighted by molar-refractivity contribution is 6.60. The largest absolute Gasteiger partial charge is 0.501 e. The Hall–Kier alpha value is -0.813. The van der Waals surface area contributed by atoms with Gasteiger partial charge in [0, 0.05) is 32.9 Å². The number of methoxy groups -OCH3 is 3. The van der Waals surface area contributed by atoms with Crippen LogP contribution in [-0.4, -0.2) is 75.7 Å². The molecule has 0 aliphatic carbocycles. The number of ether oxygens (including phenoxy) is 3. The van der Waals surface area contributed by atoms with E-state index in [0.29, 0.717) is 57.7 Å². The van der Waals surface area contributed by atoms with Gasteiger partial charge < -0.3 is 33.2 Å². The second kappa shape index (κ2) is 15.4. The summed E-state index contributed by atoms with van der Waals surface area (Å²) in [6.45, 7) is 4.23. The SMILES string of the molecule is COCCO[Si](CCC/C=C(\C)C(N)=O)(OCCOC)OCCOC. The van der Waals surface area contributed by atoms with Gasteiger partial charge in [0.2, 0.25) is 5.91 Å². The maximum Gasteiger partial charge on any atom is 0.501 e. The van der Waals surface area contributed by atoms with E-state index < -0.39 is 14.7 Å². The van der Waals surface area contributed by atoms with Gasteiger partial charge in [-0.15, -0.1) is 0 Å². The topological polar surface area (TPSA) is 98.5 Å². The number of nitrogens with two attached hydrogens (primary N) is 1. The molecule has 0 radical (unpaired) electrons. The van der Waals surface area contributed by atoms with Crippen LogP contribution in [0.4, 0.5) is 0 Å². The second-order valence-corrected chi connectivity index (χ2v) is 8.08. The fourth-order valence-corrected chi connectivity index (χ4v) is 4.42. The van der Waals surface area contributed by atoms with E-state index in [1.165, 1.54) is 0 Å². The molecule has 9 heteroatoms. The highest BCUT2D eigenvalue weighted by Crippen LogP contribution is 2.20. The molecule has 0 rings (SSSR count). The van der Waals surface area contributed by atoms with E-state index in [1.54, 1.807) is 28.3 Å². The van der Waals surface area contributed by atoms with Crippen LogP contribution >= 0.6 is 0 Å². The van der Waals surface area contributed by atoms with E-state index in [9.17, 15) is 4.79 Å². The predicted octanol–water partition coefficient (Wildman–Crippen LogP) is 1.13. The molecule has 0 saturated carbocycles. The van der Waals surface area contributed by atoms with Gasteiger partial charge in [-0.3, -0.25) is 4.79 Å². The molecular formula is C16H33NO7Si. The molecule has 0 unspecified atom stereocenters. The molecule has 0 atom stereocenters. The quantitative estimate of drug-likeness (QED) is 0.230. The molecule has 25 heavy (non-hydrogen) atoms. The molecule has 0 aliphatic rings. The van der Waals surface area contributed by atoms with E-state index >= 15 is 0 Å². The Bertz CT molecular complexity index is 353. The molecule has 0 aromatic rings. The summed E-state index contributed by atoms with van der Waals surface area (Å²) in [6, 6.07) is 0.618. The Morgan fingerprint density at radius 3 is 1.68 bits per heavy atom. The van der Waals surface area contributed by atoms with Crippen LogP contribution in [0.15, 0.2) is 11.6 Å². The summed E-state index contributed by atoms with van der Waals surface area (Å²) in [7, 11) is 1.95. The standard InChI is InChI=1S/C16H33NO7Si/c1-15(16(17)18)7-5-6-14-25(22-11-8-19-2,23-12-9-20-3)24-13-10-21-4/h7H,5-6,8-14H2,1-4H3,(H2,17,18)/b15-7+. The molecule has 0 saturated heterocycles. The third-order valence-electron chi connectivity index (χ3n) is 3.35. The van der Waals surface area contributed by atoms with E-state index in [-0.39, 0.29) is 0 Å². The Balaban J connectivity index is 4.79. The average molecular weight is 380 g/mol. The van der Waals surface area contributed by atoms with Crippen molar-refractivity contribution in [2.75, 3.05) is 61.0 Å². The molecule has 0 bridgehead atoms. The molecule has 0 aromatic carbocycles. The van der Waals surface area contributed by atoms with Gasteiger partial charge >= 0.3 is 8.80 Å². The van der Waals surface area contributed by atoms with Gasteiger partial charge in [-0.05, 0) is 19.8 Å². The van der Waals surface area contributed by atoms with Crippen molar-refractivity contribution in [2.45, 2.75) is 25.8 Å². The third kappa shape index (κ3) is 12.2. The van der Waals surface area contributed by atoms with Gasteiger partial charge in [0.15, 0.2) is 0 Å². The highest BCUT2D eigenvalue weighted by Gasteiger charge is 2.40. The fraction of sp³-hybridized carbons (Fsp3) is 0.812. The maximum absolute atomic E-state index is 11.1. The van der Waals surface area contributed by atoms with Gasteiger partial charge in [0.1, 0.15) is 0 Å². The average Bonchev–Trinajstić information content (AvgIpc) is 2.59. The summed E-state index contributed by atoms with van der Waals surface area (Å²) in [5, 5.41) is 0. The Kier molecular flexibility index (Phi) is 14.9. The van der Waals surface area contributed by atoms with Crippen molar-refractivity contribution in [3.8, 4) is 0 Å². The molecule has 0 spiro atoms. The lowest BCUT2D eigenvalue weighted by Gasteiger charge is -2.29. The Labute approximate surface area is 151 Å². The Morgan fingerprint density at radius 1 is 0.880 bits per heavy atom. The van der Waals surface area contributed by atoms with Gasteiger partial charge in [-0.2, -0.15) is 0 Å². The highest BCUT2D eigenvalue weighted by atomic mass is 28.4. The van der Waals surface area contributed by atoms with Crippen LogP contribution in [0.5, 0.6) is 0 Å². The first-order valence-electron chi connectivity index (χ1n) is 8.36. The number of allylic oxidation sites excluding steroid dienone is 1. The van der Waals surface area contributed by atoms with Crippen LogP contribution in [0.3, 0.4) is 0 Å². The minimum absolute atomic E-state index is 0.388. The summed E-state index contributed by atoms with van der Waals surface area (Å²) in [6.07, 6.45) is 3.27. The van der Waals surface area contributed by atoms with Crippen LogP contribution < -0.4 is 5.73 Å². The first-order valence-corrected chi connectivity index (χ1v) is 10.3. The molecule has 8 nitrogen and oxygen atoms in total. The fourth-order valence-electron chi connectivity index (χ4n) is 1.92. The van der Waals surface area contributed by atoms with E-state index in [1.807, 2.05) is 6.08 Å². The van der Waals surface area contributed by atoms with E-state index in [2.05, 4.69) is 0 Å². The molecule has 0 aliphatic heterocycles. The van der Waals surface area contributed by atoms with E-state index in [0.717, 1.165) is 6.42 Å². The molecule has 0 fully saturated rings. The van der Waals surface area contributed by atoms with Crippen molar-refractivity contribution in [3.63, 3.8) is 0 Å². The number of hydrogen-bond donors (Lipinski definition) is 1. The molecule has 0 aromatic heterocycles. The lowest BCUT2D eigenvalue weighted by atomic mass is 10.2. The minimum Gasteiger partial charge on any atom is -0.382 e. The summed E-state index contributed by atoms with van der Waals surface area (Å²) in [5.74, 6) is -0.410. The van der Waals surface area contributed by atoms with Crippen molar-refractivity contribution in [2.24, 2.45) is 5.73 Å². The maximum atomic E-state index is 11.1. The lowest BCUT2D eigenvalue weighted by Crippen LogP contribution is -2.47. The zero-order valence-electron chi connectivity index (χ0n) is 15.9. The molecule has 1 amide bonds. The van der Waals surface area contributed by atoms with E-state index in [4.69, 9.17) is 33.2 Å². The van der Waals surface area contributed by atoms with Crippen LogP contribution in [0.2, 0.25) is 6.04 Å². The molecule has 2 N–H and O–H groups in total. The van der Waals surface area contributed by atoms with Crippen molar-refractivity contribution in [1.82, 2.24) is 0 Å². The van der Waals surface area contributed by atoms with Crippen molar-refractivity contribution < 1.29 is 32.3 Å². The minimum atomic E-state index is -2.89. The van der Waals surface area contributed by atoms with Gasteiger partial charge in [0.05, 0.1) is 39.6 Å². The number of primary amides is 1. The zero-order valence-corrected chi connectivity index (χ0v) is 16.9. The van der Waals surface area contributed by atoms with Crippen LogP contribution in [-0.2, 0) is 32.3 Å². The zero-order chi connectivity index (χ0) is 19.0. The second-order valence-electron chi connectivity index (χ2n) is 5.35. The van der Waals surface area contributed by atoms with Gasteiger partial charge in [0.25, 0.3) is 0 Å². The summed E-state index contributed by atoms with van der Waals surface area (Å²) in [5.41, 5.74) is 5.78.